The molecule has 17 heavy (non-hydrogen) atoms. The maximum atomic E-state index is 12.4. The van der Waals surface area contributed by atoms with Crippen LogP contribution in [-0.4, -0.2) is 23.5 Å². The lowest BCUT2D eigenvalue weighted by atomic mass is 9.66. The van der Waals surface area contributed by atoms with E-state index in [-0.39, 0.29) is 17.9 Å². The van der Waals surface area contributed by atoms with Gasteiger partial charge in [-0.05, 0) is 33.6 Å². The molecule has 0 aromatic carbocycles. The molecule has 4 nitrogen and oxygen atoms in total. The highest BCUT2D eigenvalue weighted by Crippen LogP contribution is 2.65. The van der Waals surface area contributed by atoms with Gasteiger partial charge in [-0.3, -0.25) is 9.59 Å². The molecule has 1 amide bonds. The van der Waals surface area contributed by atoms with E-state index in [4.69, 9.17) is 4.74 Å². The fourth-order valence-electron chi connectivity index (χ4n) is 3.13. The zero-order chi connectivity index (χ0) is 13.1. The molecule has 0 spiro atoms. The Balaban J connectivity index is 2.40. The number of ether oxygens (including phenoxy) is 1. The Bertz CT molecular complexity index is 388. The van der Waals surface area contributed by atoms with Gasteiger partial charge in [0.05, 0.1) is 5.41 Å². The van der Waals surface area contributed by atoms with E-state index < -0.39 is 16.4 Å². The van der Waals surface area contributed by atoms with Gasteiger partial charge < -0.3 is 10.1 Å². The third kappa shape index (κ3) is 1.24. The zero-order valence-electron chi connectivity index (χ0n) is 11.2. The number of carbonyl (C=O) groups is 2. The molecule has 1 N–H and O–H groups in total. The first kappa shape index (κ1) is 12.4. The van der Waals surface area contributed by atoms with Gasteiger partial charge in [0.2, 0.25) is 0 Å². The SMILES string of the molecule is CC(C)NC(=O)[C@@]12CC[C@](C)(C(=O)O1)C2(C)C. The summed E-state index contributed by atoms with van der Waals surface area (Å²) < 4.78 is 5.48. The molecule has 0 unspecified atom stereocenters. The average molecular weight is 239 g/mol. The molecular weight excluding hydrogens is 218 g/mol. The van der Waals surface area contributed by atoms with E-state index >= 15 is 0 Å². The van der Waals surface area contributed by atoms with Crippen molar-refractivity contribution < 1.29 is 14.3 Å². The molecule has 1 heterocycles. The van der Waals surface area contributed by atoms with Crippen LogP contribution in [0.2, 0.25) is 0 Å². The van der Waals surface area contributed by atoms with Gasteiger partial charge in [-0.1, -0.05) is 13.8 Å². The van der Waals surface area contributed by atoms with Crippen molar-refractivity contribution in [2.45, 2.75) is 59.1 Å². The molecule has 1 saturated heterocycles. The predicted molar refractivity (Wildman–Crippen MR) is 63.2 cm³/mol. The Hall–Kier alpha value is -1.06. The minimum Gasteiger partial charge on any atom is -0.448 e. The van der Waals surface area contributed by atoms with E-state index in [9.17, 15) is 9.59 Å². The predicted octanol–water partition coefficient (Wildman–Crippen LogP) is 1.63. The fourth-order valence-corrected chi connectivity index (χ4v) is 3.13. The highest BCUT2D eigenvalue weighted by molar-refractivity contribution is 5.96. The Morgan fingerprint density at radius 1 is 1.29 bits per heavy atom. The van der Waals surface area contributed by atoms with Gasteiger partial charge in [-0.25, -0.2) is 0 Å². The van der Waals surface area contributed by atoms with Gasteiger partial charge in [-0.2, -0.15) is 0 Å². The molecule has 4 heteroatoms. The lowest BCUT2D eigenvalue weighted by Crippen LogP contribution is -2.54. The average Bonchev–Trinajstić information content (AvgIpc) is 2.47. The zero-order valence-corrected chi connectivity index (χ0v) is 11.2. The van der Waals surface area contributed by atoms with Crippen molar-refractivity contribution in [3.63, 3.8) is 0 Å². The van der Waals surface area contributed by atoms with Gasteiger partial charge in [0.1, 0.15) is 0 Å². The van der Waals surface area contributed by atoms with E-state index in [2.05, 4.69) is 5.32 Å². The summed E-state index contributed by atoms with van der Waals surface area (Å²) in [6.45, 7) is 9.65. The summed E-state index contributed by atoms with van der Waals surface area (Å²) in [5.74, 6) is -0.375. The van der Waals surface area contributed by atoms with Crippen molar-refractivity contribution in [3.8, 4) is 0 Å². The van der Waals surface area contributed by atoms with Gasteiger partial charge in [0.15, 0.2) is 5.60 Å². The quantitative estimate of drug-likeness (QED) is 0.745. The van der Waals surface area contributed by atoms with Crippen LogP contribution in [0, 0.1) is 10.8 Å². The monoisotopic (exact) mass is 239 g/mol. The summed E-state index contributed by atoms with van der Waals surface area (Å²) in [4.78, 5) is 24.3. The number of esters is 1. The van der Waals surface area contributed by atoms with Crippen molar-refractivity contribution in [3.05, 3.63) is 0 Å². The third-order valence-electron chi connectivity index (χ3n) is 4.87. The van der Waals surface area contributed by atoms with Crippen LogP contribution in [0.25, 0.3) is 0 Å². The number of nitrogens with one attached hydrogen (secondary N) is 1. The largest absolute Gasteiger partial charge is 0.448 e. The van der Waals surface area contributed by atoms with E-state index in [0.717, 1.165) is 6.42 Å². The lowest BCUT2D eigenvalue weighted by molar-refractivity contribution is -0.168. The summed E-state index contributed by atoms with van der Waals surface area (Å²) in [6.07, 6.45) is 1.35. The van der Waals surface area contributed by atoms with Crippen LogP contribution in [0.4, 0.5) is 0 Å². The second-order valence-electron chi connectivity index (χ2n) is 6.30. The van der Waals surface area contributed by atoms with Crippen LogP contribution in [-0.2, 0) is 14.3 Å². The van der Waals surface area contributed by atoms with Crippen molar-refractivity contribution in [1.82, 2.24) is 5.32 Å². The Morgan fingerprint density at radius 3 is 2.24 bits per heavy atom. The first-order valence-corrected chi connectivity index (χ1v) is 6.22. The molecule has 0 aromatic heterocycles. The number of hydrogen-bond donors (Lipinski definition) is 1. The van der Waals surface area contributed by atoms with Crippen molar-refractivity contribution in [2.75, 3.05) is 0 Å². The van der Waals surface area contributed by atoms with Crippen LogP contribution in [0.1, 0.15) is 47.5 Å². The Kier molecular flexibility index (Phi) is 2.36. The maximum Gasteiger partial charge on any atom is 0.313 e. The maximum absolute atomic E-state index is 12.4. The molecule has 1 saturated carbocycles. The number of carbonyl (C=O) groups excluding carboxylic acids is 2. The third-order valence-corrected chi connectivity index (χ3v) is 4.87. The molecule has 1 aliphatic carbocycles. The fraction of sp³-hybridized carbons (Fsp3) is 0.846. The van der Waals surface area contributed by atoms with Gasteiger partial charge >= 0.3 is 5.97 Å². The summed E-state index contributed by atoms with van der Waals surface area (Å²) >= 11 is 0. The van der Waals surface area contributed by atoms with Crippen LogP contribution in [0.3, 0.4) is 0 Å². The second kappa shape index (κ2) is 3.24. The van der Waals surface area contributed by atoms with Crippen LogP contribution < -0.4 is 5.32 Å². The molecule has 2 bridgehead atoms. The molecule has 0 radical (unpaired) electrons. The summed E-state index contributed by atoms with van der Waals surface area (Å²) in [5, 5.41) is 2.88. The molecule has 1 aliphatic heterocycles. The minimum atomic E-state index is -0.969. The summed E-state index contributed by atoms with van der Waals surface area (Å²) in [5.41, 5.74) is -1.94. The van der Waals surface area contributed by atoms with E-state index in [1.165, 1.54) is 0 Å². The Morgan fingerprint density at radius 2 is 1.88 bits per heavy atom. The molecular formula is C13H21NO3. The molecule has 96 valence electrons. The van der Waals surface area contributed by atoms with Crippen molar-refractivity contribution in [2.24, 2.45) is 10.8 Å². The highest BCUT2D eigenvalue weighted by atomic mass is 16.6. The summed E-state index contributed by atoms with van der Waals surface area (Å²) in [6, 6.07) is 0.0545. The van der Waals surface area contributed by atoms with Crippen molar-refractivity contribution >= 4 is 11.9 Å². The van der Waals surface area contributed by atoms with E-state index in [1.807, 2.05) is 34.6 Å². The number of fused-ring (bicyclic) bond motifs is 2. The van der Waals surface area contributed by atoms with E-state index in [0.29, 0.717) is 6.42 Å². The summed E-state index contributed by atoms with van der Waals surface area (Å²) in [7, 11) is 0. The van der Waals surface area contributed by atoms with Crippen LogP contribution >= 0.6 is 0 Å². The second-order valence-corrected chi connectivity index (χ2v) is 6.30. The lowest BCUT2D eigenvalue weighted by Gasteiger charge is -2.35. The number of rotatable bonds is 2. The molecule has 2 fully saturated rings. The number of amides is 1. The van der Waals surface area contributed by atoms with Crippen LogP contribution in [0.15, 0.2) is 0 Å². The standard InChI is InChI=1S/C13H21NO3/c1-8(2)14-9(15)13-7-6-12(5,10(16)17-13)11(13,3)4/h8H,6-7H2,1-5H3,(H,14,15)/t12-,13-/m1/s1. The van der Waals surface area contributed by atoms with E-state index in [1.54, 1.807) is 0 Å². The number of hydrogen-bond acceptors (Lipinski definition) is 3. The molecule has 2 aliphatic rings. The smallest absolute Gasteiger partial charge is 0.313 e. The van der Waals surface area contributed by atoms with Gasteiger partial charge in [0.25, 0.3) is 5.91 Å². The first-order valence-electron chi connectivity index (χ1n) is 6.22. The highest BCUT2D eigenvalue weighted by Gasteiger charge is 2.75. The van der Waals surface area contributed by atoms with Crippen LogP contribution in [0.5, 0.6) is 0 Å². The minimum absolute atomic E-state index is 0.0545. The molecule has 2 atom stereocenters. The van der Waals surface area contributed by atoms with Crippen molar-refractivity contribution in [1.29, 1.82) is 0 Å². The van der Waals surface area contributed by atoms with Gasteiger partial charge in [0, 0.05) is 11.5 Å². The Labute approximate surface area is 102 Å². The topological polar surface area (TPSA) is 55.4 Å². The first-order chi connectivity index (χ1) is 7.67. The van der Waals surface area contributed by atoms with Gasteiger partial charge in [-0.15, -0.1) is 0 Å². The normalized spacial score (nSPS) is 38.4. The molecule has 2 rings (SSSR count). The molecule has 0 aromatic rings.